The Kier molecular flexibility index (Phi) is 3.76. The number of piperidine rings is 1. The molecule has 0 spiro atoms. The molecular weight excluding hydrogens is 204 g/mol. The van der Waals surface area contributed by atoms with Gasteiger partial charge in [0.15, 0.2) is 0 Å². The maximum Gasteiger partial charge on any atom is 0.0926 e. The van der Waals surface area contributed by atoms with E-state index in [-0.39, 0.29) is 0 Å². The zero-order valence-corrected chi connectivity index (χ0v) is 10.5. The van der Waals surface area contributed by atoms with Gasteiger partial charge in [0.1, 0.15) is 0 Å². The molecule has 1 unspecified atom stereocenters. The molecule has 3 heteroatoms. The van der Waals surface area contributed by atoms with E-state index in [0.29, 0.717) is 0 Å². The minimum atomic E-state index is 0.864. The molecule has 84 valence electrons. The van der Waals surface area contributed by atoms with Gasteiger partial charge >= 0.3 is 0 Å². The van der Waals surface area contributed by atoms with Crippen molar-refractivity contribution in [2.24, 2.45) is 5.92 Å². The van der Waals surface area contributed by atoms with Crippen molar-refractivity contribution in [1.82, 2.24) is 9.88 Å². The SMILES string of the molecule is CCc1nc(CN2CCCC(C)C2)cs1. The van der Waals surface area contributed by atoms with Crippen molar-refractivity contribution >= 4 is 11.3 Å². The van der Waals surface area contributed by atoms with Gasteiger partial charge in [-0.05, 0) is 31.7 Å². The molecule has 0 saturated carbocycles. The second kappa shape index (κ2) is 5.08. The van der Waals surface area contributed by atoms with Gasteiger partial charge in [0.05, 0.1) is 10.7 Å². The fourth-order valence-corrected chi connectivity index (χ4v) is 2.98. The summed E-state index contributed by atoms with van der Waals surface area (Å²) in [5.41, 5.74) is 1.27. The zero-order chi connectivity index (χ0) is 10.7. The summed E-state index contributed by atoms with van der Waals surface area (Å²) in [5.74, 6) is 0.864. The molecule has 0 N–H and O–H groups in total. The first kappa shape index (κ1) is 11.1. The van der Waals surface area contributed by atoms with Crippen LogP contribution in [0.25, 0.3) is 0 Å². The molecule has 1 fully saturated rings. The number of likely N-dealkylation sites (tertiary alicyclic amines) is 1. The van der Waals surface area contributed by atoms with E-state index < -0.39 is 0 Å². The lowest BCUT2D eigenvalue weighted by atomic mass is 10.0. The Bertz CT molecular complexity index is 308. The highest BCUT2D eigenvalue weighted by molar-refractivity contribution is 7.09. The van der Waals surface area contributed by atoms with Crippen LogP contribution in [0, 0.1) is 5.92 Å². The van der Waals surface area contributed by atoms with E-state index in [9.17, 15) is 0 Å². The van der Waals surface area contributed by atoms with Gasteiger partial charge in [-0.1, -0.05) is 13.8 Å². The Labute approximate surface area is 96.3 Å². The molecule has 0 radical (unpaired) electrons. The molecular formula is C12H20N2S. The number of aryl methyl sites for hydroxylation is 1. The summed E-state index contributed by atoms with van der Waals surface area (Å²) in [5, 5.41) is 3.49. The maximum atomic E-state index is 4.62. The summed E-state index contributed by atoms with van der Waals surface area (Å²) < 4.78 is 0. The van der Waals surface area contributed by atoms with E-state index in [1.807, 2.05) is 0 Å². The predicted octanol–water partition coefficient (Wildman–Crippen LogP) is 2.94. The zero-order valence-electron chi connectivity index (χ0n) is 9.70. The molecule has 2 rings (SSSR count). The van der Waals surface area contributed by atoms with Gasteiger partial charge in [-0.25, -0.2) is 4.98 Å². The highest BCUT2D eigenvalue weighted by Crippen LogP contribution is 2.18. The van der Waals surface area contributed by atoms with Crippen molar-refractivity contribution in [1.29, 1.82) is 0 Å². The van der Waals surface area contributed by atoms with E-state index in [2.05, 4.69) is 29.1 Å². The Morgan fingerprint density at radius 3 is 3.13 bits per heavy atom. The van der Waals surface area contributed by atoms with Gasteiger partial charge in [0, 0.05) is 18.5 Å². The lowest BCUT2D eigenvalue weighted by molar-refractivity contribution is 0.175. The lowest BCUT2D eigenvalue weighted by Crippen LogP contribution is -2.33. The molecule has 1 atom stereocenters. The van der Waals surface area contributed by atoms with Gasteiger partial charge in [-0.2, -0.15) is 0 Å². The van der Waals surface area contributed by atoms with E-state index >= 15 is 0 Å². The smallest absolute Gasteiger partial charge is 0.0926 e. The second-order valence-corrected chi connectivity index (χ2v) is 5.51. The average Bonchev–Trinajstić information content (AvgIpc) is 2.65. The van der Waals surface area contributed by atoms with Crippen LogP contribution in [0.15, 0.2) is 5.38 Å². The van der Waals surface area contributed by atoms with Crippen LogP contribution in [0.3, 0.4) is 0 Å². The fraction of sp³-hybridized carbons (Fsp3) is 0.750. The van der Waals surface area contributed by atoms with E-state index in [0.717, 1.165) is 18.9 Å². The minimum Gasteiger partial charge on any atom is -0.297 e. The summed E-state index contributed by atoms with van der Waals surface area (Å²) in [4.78, 5) is 7.17. The summed E-state index contributed by atoms with van der Waals surface area (Å²) in [6, 6.07) is 0. The van der Waals surface area contributed by atoms with Crippen LogP contribution in [0.1, 0.15) is 37.4 Å². The monoisotopic (exact) mass is 224 g/mol. The number of rotatable bonds is 3. The third-order valence-electron chi connectivity index (χ3n) is 3.03. The van der Waals surface area contributed by atoms with Crippen LogP contribution in [-0.4, -0.2) is 23.0 Å². The van der Waals surface area contributed by atoms with Gasteiger partial charge < -0.3 is 0 Å². The average molecular weight is 224 g/mol. The van der Waals surface area contributed by atoms with E-state index in [4.69, 9.17) is 0 Å². The molecule has 0 aromatic carbocycles. The number of hydrogen-bond donors (Lipinski definition) is 0. The predicted molar refractivity (Wildman–Crippen MR) is 65.2 cm³/mol. The number of aromatic nitrogens is 1. The van der Waals surface area contributed by atoms with Crippen LogP contribution >= 0.6 is 11.3 Å². The molecule has 2 nitrogen and oxygen atoms in total. The Balaban J connectivity index is 1.90. The van der Waals surface area contributed by atoms with Gasteiger partial charge in [-0.3, -0.25) is 4.90 Å². The number of nitrogens with zero attached hydrogens (tertiary/aromatic N) is 2. The quantitative estimate of drug-likeness (QED) is 0.785. The standard InChI is InChI=1S/C12H20N2S/c1-3-12-13-11(9-15-12)8-14-6-4-5-10(2)7-14/h9-10H,3-8H2,1-2H3. The van der Waals surface area contributed by atoms with Gasteiger partial charge in [0.25, 0.3) is 0 Å². The van der Waals surface area contributed by atoms with Crippen LogP contribution in [0.4, 0.5) is 0 Å². The molecule has 0 aliphatic carbocycles. The topological polar surface area (TPSA) is 16.1 Å². The van der Waals surface area contributed by atoms with Crippen molar-refractivity contribution < 1.29 is 0 Å². The summed E-state index contributed by atoms with van der Waals surface area (Å²) >= 11 is 1.80. The van der Waals surface area contributed by atoms with Crippen molar-refractivity contribution in [2.45, 2.75) is 39.7 Å². The van der Waals surface area contributed by atoms with Crippen LogP contribution in [-0.2, 0) is 13.0 Å². The Hall–Kier alpha value is -0.410. The lowest BCUT2D eigenvalue weighted by Gasteiger charge is -2.30. The third-order valence-corrected chi connectivity index (χ3v) is 4.07. The largest absolute Gasteiger partial charge is 0.297 e. The first-order valence-electron chi connectivity index (χ1n) is 5.93. The van der Waals surface area contributed by atoms with E-state index in [1.54, 1.807) is 11.3 Å². The van der Waals surface area contributed by atoms with Crippen molar-refractivity contribution in [3.8, 4) is 0 Å². The van der Waals surface area contributed by atoms with E-state index in [1.165, 1.54) is 36.6 Å². The summed E-state index contributed by atoms with van der Waals surface area (Å²) in [6.45, 7) is 8.08. The second-order valence-electron chi connectivity index (χ2n) is 4.57. The highest BCUT2D eigenvalue weighted by Gasteiger charge is 2.16. The highest BCUT2D eigenvalue weighted by atomic mass is 32.1. The van der Waals surface area contributed by atoms with Gasteiger partial charge in [0.2, 0.25) is 0 Å². The summed E-state index contributed by atoms with van der Waals surface area (Å²) in [6.07, 6.45) is 3.82. The summed E-state index contributed by atoms with van der Waals surface area (Å²) in [7, 11) is 0. The first-order valence-corrected chi connectivity index (χ1v) is 6.81. The Morgan fingerprint density at radius 1 is 1.60 bits per heavy atom. The van der Waals surface area contributed by atoms with Crippen molar-refractivity contribution in [3.63, 3.8) is 0 Å². The molecule has 1 aromatic rings. The van der Waals surface area contributed by atoms with Crippen molar-refractivity contribution in [2.75, 3.05) is 13.1 Å². The molecule has 1 aliphatic heterocycles. The molecule has 1 aliphatic rings. The Morgan fingerprint density at radius 2 is 2.47 bits per heavy atom. The molecule has 15 heavy (non-hydrogen) atoms. The number of thiazole rings is 1. The van der Waals surface area contributed by atoms with Crippen LogP contribution in [0.2, 0.25) is 0 Å². The minimum absolute atomic E-state index is 0.864. The van der Waals surface area contributed by atoms with Gasteiger partial charge in [-0.15, -0.1) is 11.3 Å². The van der Waals surface area contributed by atoms with Crippen molar-refractivity contribution in [3.05, 3.63) is 16.1 Å². The molecule has 1 aromatic heterocycles. The number of hydrogen-bond acceptors (Lipinski definition) is 3. The third kappa shape index (κ3) is 3.02. The fourth-order valence-electron chi connectivity index (χ4n) is 2.24. The molecule has 0 amide bonds. The van der Waals surface area contributed by atoms with Crippen LogP contribution in [0.5, 0.6) is 0 Å². The molecule has 0 bridgehead atoms. The van der Waals surface area contributed by atoms with Crippen LogP contribution < -0.4 is 0 Å². The molecule has 1 saturated heterocycles. The molecule has 2 heterocycles. The maximum absolute atomic E-state index is 4.62. The normalized spacial score (nSPS) is 23.2. The first-order chi connectivity index (χ1) is 7.28.